The smallest absolute Gasteiger partial charge is 0.416 e. The molecule has 2 aromatic rings. The molecule has 2 fully saturated rings. The molecular formula is C29H36F6N2O. The highest BCUT2D eigenvalue weighted by Gasteiger charge is 2.37. The summed E-state index contributed by atoms with van der Waals surface area (Å²) < 4.78 is 86.2. The molecule has 0 bridgehead atoms. The summed E-state index contributed by atoms with van der Waals surface area (Å²) in [5.74, 6) is 0.672. The topological polar surface area (TPSA) is 15.7 Å². The van der Waals surface area contributed by atoms with Crippen molar-refractivity contribution in [2.75, 3.05) is 33.3 Å². The van der Waals surface area contributed by atoms with Crippen molar-refractivity contribution in [3.63, 3.8) is 0 Å². The van der Waals surface area contributed by atoms with Crippen LogP contribution in [0.1, 0.15) is 73.2 Å². The largest absolute Gasteiger partial charge is 0.496 e. The molecule has 9 heteroatoms. The van der Waals surface area contributed by atoms with Gasteiger partial charge in [-0.1, -0.05) is 37.5 Å². The maximum Gasteiger partial charge on any atom is 0.416 e. The predicted molar refractivity (Wildman–Crippen MR) is 135 cm³/mol. The number of alkyl halides is 6. The first-order valence-corrected chi connectivity index (χ1v) is 13.5. The van der Waals surface area contributed by atoms with E-state index in [9.17, 15) is 26.3 Å². The SMILES string of the molecule is COc1ccccc1C(CCc1cc(C(F)(F)F)cc(C(F)(F)F)c1)N1CCCN(C2CCCCC2)CC1. The van der Waals surface area contributed by atoms with Gasteiger partial charge in [0.2, 0.25) is 0 Å². The maximum atomic E-state index is 13.4. The normalized spacial score (nSPS) is 19.8. The van der Waals surface area contributed by atoms with E-state index in [1.165, 1.54) is 32.1 Å². The van der Waals surface area contributed by atoms with Crippen LogP contribution in [0.3, 0.4) is 0 Å². The quantitative estimate of drug-likeness (QED) is 0.333. The summed E-state index contributed by atoms with van der Waals surface area (Å²) in [4.78, 5) is 4.90. The molecule has 1 atom stereocenters. The van der Waals surface area contributed by atoms with Crippen molar-refractivity contribution >= 4 is 0 Å². The van der Waals surface area contributed by atoms with Gasteiger partial charge in [-0.3, -0.25) is 9.80 Å². The van der Waals surface area contributed by atoms with Gasteiger partial charge in [0.1, 0.15) is 5.75 Å². The molecule has 0 spiro atoms. The standard InChI is InChI=1S/C29H36F6N2O/c1-38-27-11-6-5-10-25(27)26(37-15-7-14-36(16-17-37)24-8-3-2-4-9-24)13-12-21-18-22(28(30,31)32)20-23(19-21)29(33,34)35/h5-6,10-11,18-20,24,26H,2-4,7-9,12-17H2,1H3. The second-order valence-corrected chi connectivity index (χ2v) is 10.4. The van der Waals surface area contributed by atoms with Crippen LogP contribution in [0.15, 0.2) is 42.5 Å². The molecule has 4 rings (SSSR count). The van der Waals surface area contributed by atoms with E-state index in [4.69, 9.17) is 4.74 Å². The lowest BCUT2D eigenvalue weighted by molar-refractivity contribution is -0.143. The van der Waals surface area contributed by atoms with Crippen molar-refractivity contribution in [1.29, 1.82) is 0 Å². The number of nitrogens with zero attached hydrogens (tertiary/aromatic N) is 2. The summed E-state index contributed by atoms with van der Waals surface area (Å²) in [5, 5.41) is 0. The van der Waals surface area contributed by atoms with Crippen molar-refractivity contribution in [2.45, 2.75) is 75.8 Å². The monoisotopic (exact) mass is 542 g/mol. The van der Waals surface area contributed by atoms with E-state index in [2.05, 4.69) is 9.80 Å². The minimum atomic E-state index is -4.86. The molecule has 2 aromatic carbocycles. The Kier molecular flexibility index (Phi) is 9.29. The maximum absolute atomic E-state index is 13.4. The molecule has 1 aliphatic carbocycles. The molecular weight excluding hydrogens is 506 g/mol. The molecule has 0 N–H and O–H groups in total. The molecule has 38 heavy (non-hydrogen) atoms. The van der Waals surface area contributed by atoms with E-state index in [0.717, 1.165) is 50.3 Å². The van der Waals surface area contributed by atoms with Gasteiger partial charge in [0.25, 0.3) is 0 Å². The van der Waals surface area contributed by atoms with Gasteiger partial charge in [-0.15, -0.1) is 0 Å². The van der Waals surface area contributed by atoms with Crippen LogP contribution in [0.4, 0.5) is 26.3 Å². The van der Waals surface area contributed by atoms with Crippen LogP contribution in [-0.2, 0) is 18.8 Å². The molecule has 0 aromatic heterocycles. The Hall–Kier alpha value is -2.26. The fourth-order valence-electron chi connectivity index (χ4n) is 6.02. The first-order valence-electron chi connectivity index (χ1n) is 13.5. The third-order valence-electron chi connectivity index (χ3n) is 7.95. The van der Waals surface area contributed by atoms with Crippen molar-refractivity contribution < 1.29 is 31.1 Å². The summed E-state index contributed by atoms with van der Waals surface area (Å²) >= 11 is 0. The highest BCUT2D eigenvalue weighted by atomic mass is 19.4. The first-order chi connectivity index (χ1) is 18.1. The molecule has 1 aliphatic heterocycles. The van der Waals surface area contributed by atoms with E-state index in [-0.39, 0.29) is 24.1 Å². The number of hydrogen-bond acceptors (Lipinski definition) is 3. The molecule has 2 aliphatic rings. The second-order valence-electron chi connectivity index (χ2n) is 10.4. The van der Waals surface area contributed by atoms with Crippen LogP contribution < -0.4 is 4.74 Å². The predicted octanol–water partition coefficient (Wildman–Crippen LogP) is 7.75. The molecule has 1 saturated heterocycles. The van der Waals surface area contributed by atoms with E-state index in [0.29, 0.717) is 18.2 Å². The van der Waals surface area contributed by atoms with Crippen molar-refractivity contribution in [2.24, 2.45) is 0 Å². The lowest BCUT2D eigenvalue weighted by Crippen LogP contribution is -2.40. The minimum absolute atomic E-state index is 0.0331. The number of rotatable bonds is 7. The molecule has 0 amide bonds. The number of methoxy groups -OCH3 is 1. The zero-order valence-corrected chi connectivity index (χ0v) is 21.8. The zero-order valence-electron chi connectivity index (χ0n) is 21.8. The number of hydrogen-bond donors (Lipinski definition) is 0. The van der Waals surface area contributed by atoms with Crippen molar-refractivity contribution in [1.82, 2.24) is 9.80 Å². The Labute approximate surface area is 220 Å². The Morgan fingerprint density at radius 2 is 1.47 bits per heavy atom. The molecule has 3 nitrogen and oxygen atoms in total. The van der Waals surface area contributed by atoms with Gasteiger partial charge in [0.15, 0.2) is 0 Å². The Morgan fingerprint density at radius 1 is 0.816 bits per heavy atom. The van der Waals surface area contributed by atoms with E-state index < -0.39 is 23.5 Å². The van der Waals surface area contributed by atoms with Gasteiger partial charge < -0.3 is 4.74 Å². The van der Waals surface area contributed by atoms with E-state index in [1.54, 1.807) is 7.11 Å². The van der Waals surface area contributed by atoms with Crippen molar-refractivity contribution in [3.05, 3.63) is 64.7 Å². The molecule has 0 radical (unpaired) electrons. The number of ether oxygens (including phenoxy) is 1. The van der Waals surface area contributed by atoms with Crippen LogP contribution in [0, 0.1) is 0 Å². The summed E-state index contributed by atoms with van der Waals surface area (Å²) in [5.41, 5.74) is -1.60. The Morgan fingerprint density at radius 3 is 2.11 bits per heavy atom. The molecule has 1 heterocycles. The summed E-state index contributed by atoms with van der Waals surface area (Å²) in [6.45, 7) is 3.50. The van der Waals surface area contributed by atoms with Crippen LogP contribution in [0.2, 0.25) is 0 Å². The fourth-order valence-corrected chi connectivity index (χ4v) is 6.02. The van der Waals surface area contributed by atoms with Gasteiger partial charge in [0.05, 0.1) is 18.2 Å². The summed E-state index contributed by atoms with van der Waals surface area (Å²) in [7, 11) is 1.57. The first kappa shape index (κ1) is 28.7. The number of halogens is 6. The zero-order chi connectivity index (χ0) is 27.3. The highest BCUT2D eigenvalue weighted by Crippen LogP contribution is 2.38. The van der Waals surface area contributed by atoms with E-state index in [1.807, 2.05) is 24.3 Å². The minimum Gasteiger partial charge on any atom is -0.496 e. The number of benzene rings is 2. The van der Waals surface area contributed by atoms with Crippen LogP contribution >= 0.6 is 0 Å². The van der Waals surface area contributed by atoms with Crippen LogP contribution in [0.5, 0.6) is 5.75 Å². The number of aryl methyl sites for hydroxylation is 1. The number of para-hydroxylation sites is 1. The average Bonchev–Trinajstić information content (AvgIpc) is 3.15. The summed E-state index contributed by atoms with van der Waals surface area (Å²) in [6.07, 6.45) is -2.06. The average molecular weight is 543 g/mol. The Balaban J connectivity index is 1.59. The van der Waals surface area contributed by atoms with E-state index >= 15 is 0 Å². The third kappa shape index (κ3) is 7.23. The van der Waals surface area contributed by atoms with Crippen molar-refractivity contribution in [3.8, 4) is 5.75 Å². The second kappa shape index (κ2) is 12.3. The lowest BCUT2D eigenvalue weighted by Gasteiger charge is -2.35. The van der Waals surface area contributed by atoms with Gasteiger partial charge in [0, 0.05) is 37.3 Å². The van der Waals surface area contributed by atoms with Gasteiger partial charge in [-0.05, 0) is 68.5 Å². The Bertz CT molecular complexity index is 1020. The van der Waals surface area contributed by atoms with Gasteiger partial charge in [-0.25, -0.2) is 0 Å². The molecule has 210 valence electrons. The molecule has 1 saturated carbocycles. The van der Waals surface area contributed by atoms with Crippen LogP contribution in [-0.4, -0.2) is 49.1 Å². The van der Waals surface area contributed by atoms with Gasteiger partial charge >= 0.3 is 12.4 Å². The lowest BCUT2D eigenvalue weighted by atomic mass is 9.94. The highest BCUT2D eigenvalue weighted by molar-refractivity contribution is 5.37. The van der Waals surface area contributed by atoms with Crippen LogP contribution in [0.25, 0.3) is 0 Å². The fraction of sp³-hybridized carbons (Fsp3) is 0.586. The molecule has 1 unspecified atom stereocenters. The summed E-state index contributed by atoms with van der Waals surface area (Å²) in [6, 6.07) is 9.83. The third-order valence-corrected chi connectivity index (χ3v) is 7.95. The van der Waals surface area contributed by atoms with Gasteiger partial charge in [-0.2, -0.15) is 26.3 Å².